The zero-order valence-corrected chi connectivity index (χ0v) is 10.5. The van der Waals surface area contributed by atoms with Crippen molar-refractivity contribution in [3.05, 3.63) is 33.6 Å². The topological polar surface area (TPSA) is 48.1 Å². The average Bonchev–Trinajstić information content (AvgIpc) is 2.67. The van der Waals surface area contributed by atoms with Gasteiger partial charge in [0.1, 0.15) is 10.8 Å². The third-order valence-electron chi connectivity index (χ3n) is 2.96. The number of thiazole rings is 1. The fourth-order valence-corrected chi connectivity index (χ4v) is 3.09. The van der Waals surface area contributed by atoms with E-state index in [1.54, 1.807) is 11.3 Å². The number of nitrogens with two attached hydrogens (primary N) is 1. The predicted molar refractivity (Wildman–Crippen MR) is 69.4 cm³/mol. The molecule has 3 nitrogen and oxygen atoms in total. The highest BCUT2D eigenvalue weighted by atomic mass is 32.1. The molecule has 2 heterocycles. The van der Waals surface area contributed by atoms with Crippen molar-refractivity contribution in [3.63, 3.8) is 0 Å². The van der Waals surface area contributed by atoms with Crippen LogP contribution in [-0.2, 0) is 13.0 Å². The summed E-state index contributed by atoms with van der Waals surface area (Å²) in [6, 6.07) is 6.20. The van der Waals surface area contributed by atoms with E-state index in [-0.39, 0.29) is 0 Å². The van der Waals surface area contributed by atoms with Crippen LogP contribution in [0.1, 0.15) is 15.4 Å². The van der Waals surface area contributed by atoms with Crippen LogP contribution in [0.3, 0.4) is 0 Å². The second-order valence-electron chi connectivity index (χ2n) is 4.13. The van der Waals surface area contributed by atoms with Crippen LogP contribution in [0.4, 0.5) is 0 Å². The van der Waals surface area contributed by atoms with Gasteiger partial charge in [-0.05, 0) is 18.6 Å². The number of fused-ring (bicyclic) bond motifs is 3. The Balaban J connectivity index is 2.23. The largest absolute Gasteiger partial charge is 0.492 e. The van der Waals surface area contributed by atoms with Crippen LogP contribution in [0.15, 0.2) is 18.2 Å². The van der Waals surface area contributed by atoms with E-state index in [1.807, 2.05) is 6.07 Å². The molecule has 0 saturated carbocycles. The number of nitrogens with zero attached hydrogens (tertiary/aromatic N) is 1. The van der Waals surface area contributed by atoms with Gasteiger partial charge in [0, 0.05) is 23.4 Å². The van der Waals surface area contributed by atoms with E-state index in [0.717, 1.165) is 40.6 Å². The third kappa shape index (κ3) is 1.73. The molecule has 0 aliphatic carbocycles. The molecular weight excluding hydrogens is 232 g/mol. The number of hydrogen-bond donors (Lipinski definition) is 1. The summed E-state index contributed by atoms with van der Waals surface area (Å²) >= 11 is 1.70. The first-order valence-electron chi connectivity index (χ1n) is 5.71. The van der Waals surface area contributed by atoms with Crippen molar-refractivity contribution in [2.75, 3.05) is 6.61 Å². The Bertz CT molecular complexity index is 563. The van der Waals surface area contributed by atoms with E-state index in [1.165, 1.54) is 4.88 Å². The molecular formula is C13H14N2OS. The standard InChI is InChI=1S/C13H14N2OS/c1-8-3-2-4-9-12-10(5-6-16-13(8)9)17-11(7-14)15-12/h2-4H,5-7,14H2,1H3. The van der Waals surface area contributed by atoms with Gasteiger partial charge in [0.15, 0.2) is 0 Å². The molecule has 1 aliphatic rings. The zero-order chi connectivity index (χ0) is 11.8. The Morgan fingerprint density at radius 3 is 3.18 bits per heavy atom. The molecule has 1 aromatic heterocycles. The third-order valence-corrected chi connectivity index (χ3v) is 4.10. The number of hydrogen-bond acceptors (Lipinski definition) is 4. The van der Waals surface area contributed by atoms with E-state index in [4.69, 9.17) is 10.5 Å². The number of benzene rings is 1. The lowest BCUT2D eigenvalue weighted by Gasteiger charge is -2.09. The van der Waals surface area contributed by atoms with Gasteiger partial charge >= 0.3 is 0 Å². The van der Waals surface area contributed by atoms with Gasteiger partial charge in [0.25, 0.3) is 0 Å². The second kappa shape index (κ2) is 4.13. The molecule has 0 fully saturated rings. The van der Waals surface area contributed by atoms with Crippen molar-refractivity contribution in [3.8, 4) is 17.0 Å². The molecule has 2 N–H and O–H groups in total. The summed E-state index contributed by atoms with van der Waals surface area (Å²) in [5.74, 6) is 0.972. The van der Waals surface area contributed by atoms with Gasteiger partial charge < -0.3 is 10.5 Å². The number of para-hydroxylation sites is 1. The molecule has 0 spiro atoms. The highest BCUT2D eigenvalue weighted by Crippen LogP contribution is 2.38. The molecule has 4 heteroatoms. The molecule has 0 bridgehead atoms. The van der Waals surface area contributed by atoms with E-state index in [0.29, 0.717) is 6.54 Å². The Kier molecular flexibility index (Phi) is 2.61. The van der Waals surface area contributed by atoms with Gasteiger partial charge in [-0.2, -0.15) is 0 Å². The lowest BCUT2D eigenvalue weighted by molar-refractivity contribution is 0.325. The first-order chi connectivity index (χ1) is 8.29. The maximum Gasteiger partial charge on any atom is 0.131 e. The molecule has 0 unspecified atom stereocenters. The Morgan fingerprint density at radius 1 is 1.47 bits per heavy atom. The molecule has 1 aromatic carbocycles. The van der Waals surface area contributed by atoms with E-state index < -0.39 is 0 Å². The van der Waals surface area contributed by atoms with Crippen molar-refractivity contribution < 1.29 is 4.74 Å². The summed E-state index contributed by atoms with van der Waals surface area (Å²) in [5, 5.41) is 1.00. The number of ether oxygens (including phenoxy) is 1. The van der Waals surface area contributed by atoms with Crippen molar-refractivity contribution in [2.24, 2.45) is 5.73 Å². The van der Waals surface area contributed by atoms with Crippen molar-refractivity contribution in [1.82, 2.24) is 4.98 Å². The molecule has 0 atom stereocenters. The van der Waals surface area contributed by atoms with Crippen LogP contribution in [0.25, 0.3) is 11.3 Å². The molecule has 17 heavy (non-hydrogen) atoms. The highest BCUT2D eigenvalue weighted by molar-refractivity contribution is 7.12. The molecule has 3 rings (SSSR count). The Morgan fingerprint density at radius 2 is 2.35 bits per heavy atom. The Labute approximate surface area is 104 Å². The monoisotopic (exact) mass is 246 g/mol. The van der Waals surface area contributed by atoms with Crippen LogP contribution >= 0.6 is 11.3 Å². The number of aromatic nitrogens is 1. The Hall–Kier alpha value is -1.39. The summed E-state index contributed by atoms with van der Waals surface area (Å²) in [4.78, 5) is 5.91. The van der Waals surface area contributed by atoms with Crippen LogP contribution < -0.4 is 10.5 Å². The SMILES string of the molecule is Cc1cccc2c1OCCc1sc(CN)nc1-2. The zero-order valence-electron chi connectivity index (χ0n) is 9.69. The lowest BCUT2D eigenvalue weighted by Crippen LogP contribution is -1.99. The molecule has 88 valence electrons. The maximum absolute atomic E-state index is 5.83. The van der Waals surface area contributed by atoms with Gasteiger partial charge in [0.2, 0.25) is 0 Å². The normalized spacial score (nSPS) is 13.5. The summed E-state index contributed by atoms with van der Waals surface area (Å²) in [6.45, 7) is 3.30. The van der Waals surface area contributed by atoms with Gasteiger partial charge in [-0.3, -0.25) is 0 Å². The van der Waals surface area contributed by atoms with E-state index in [9.17, 15) is 0 Å². The van der Waals surface area contributed by atoms with E-state index >= 15 is 0 Å². The van der Waals surface area contributed by atoms with Crippen molar-refractivity contribution in [2.45, 2.75) is 19.9 Å². The van der Waals surface area contributed by atoms with Crippen LogP contribution in [0.2, 0.25) is 0 Å². The molecule has 0 amide bonds. The number of aryl methyl sites for hydroxylation is 1. The smallest absolute Gasteiger partial charge is 0.131 e. The van der Waals surface area contributed by atoms with Crippen molar-refractivity contribution in [1.29, 1.82) is 0 Å². The summed E-state index contributed by atoms with van der Waals surface area (Å²) in [5.41, 5.74) is 9.00. The van der Waals surface area contributed by atoms with Gasteiger partial charge in [-0.15, -0.1) is 11.3 Å². The minimum absolute atomic E-state index is 0.514. The summed E-state index contributed by atoms with van der Waals surface area (Å²) < 4.78 is 5.83. The molecule has 1 aliphatic heterocycles. The minimum Gasteiger partial charge on any atom is -0.492 e. The second-order valence-corrected chi connectivity index (χ2v) is 5.30. The first-order valence-corrected chi connectivity index (χ1v) is 6.52. The quantitative estimate of drug-likeness (QED) is 0.841. The highest BCUT2D eigenvalue weighted by Gasteiger charge is 2.20. The molecule has 0 saturated heterocycles. The maximum atomic E-state index is 5.83. The van der Waals surface area contributed by atoms with Crippen LogP contribution in [0.5, 0.6) is 5.75 Å². The lowest BCUT2D eigenvalue weighted by atomic mass is 10.1. The molecule has 0 radical (unpaired) electrons. The van der Waals surface area contributed by atoms with Gasteiger partial charge in [0.05, 0.1) is 12.3 Å². The molecule has 2 aromatic rings. The summed E-state index contributed by atoms with van der Waals surface area (Å²) in [6.07, 6.45) is 0.918. The fourth-order valence-electron chi connectivity index (χ4n) is 2.14. The minimum atomic E-state index is 0.514. The number of rotatable bonds is 1. The van der Waals surface area contributed by atoms with Crippen molar-refractivity contribution >= 4 is 11.3 Å². The predicted octanol–water partition coefficient (Wildman–Crippen LogP) is 2.51. The fraction of sp³-hybridized carbons (Fsp3) is 0.308. The van der Waals surface area contributed by atoms with Crippen LogP contribution in [-0.4, -0.2) is 11.6 Å². The van der Waals surface area contributed by atoms with E-state index in [2.05, 4.69) is 24.0 Å². The average molecular weight is 246 g/mol. The first kappa shape index (κ1) is 10.7. The van der Waals surface area contributed by atoms with Gasteiger partial charge in [-0.25, -0.2) is 4.98 Å². The van der Waals surface area contributed by atoms with Crippen LogP contribution in [0, 0.1) is 6.92 Å². The van der Waals surface area contributed by atoms with Gasteiger partial charge in [-0.1, -0.05) is 12.1 Å². The summed E-state index contributed by atoms with van der Waals surface area (Å²) in [7, 11) is 0.